The predicted octanol–water partition coefficient (Wildman–Crippen LogP) is 1.64. The second kappa shape index (κ2) is 4.19. The van der Waals surface area contributed by atoms with E-state index in [0.29, 0.717) is 5.82 Å². The molecule has 7 heteroatoms. The number of aromatic nitrogens is 4. The summed E-state index contributed by atoms with van der Waals surface area (Å²) < 4.78 is 1.07. The highest BCUT2D eigenvalue weighted by molar-refractivity contribution is 6.41. The number of nitrogens with zero attached hydrogens (tertiary/aromatic N) is 4. The molecule has 0 atom stereocenters. The van der Waals surface area contributed by atoms with Gasteiger partial charge in [0.1, 0.15) is 11.3 Å². The molecule has 0 aliphatic heterocycles. The number of hydrogen-bond acceptors (Lipinski definition) is 4. The Morgan fingerprint density at radius 2 is 2.06 bits per heavy atom. The molecule has 0 amide bonds. The van der Waals surface area contributed by atoms with Gasteiger partial charge in [0.05, 0.1) is 11.2 Å². The molecule has 0 aliphatic rings. The van der Waals surface area contributed by atoms with Gasteiger partial charge in [0.15, 0.2) is 5.82 Å². The third kappa shape index (κ3) is 1.91. The van der Waals surface area contributed by atoms with Crippen molar-refractivity contribution in [2.45, 2.75) is 6.92 Å². The molecule has 16 heavy (non-hydrogen) atoms. The maximum absolute atomic E-state index is 11.7. The van der Waals surface area contributed by atoms with Crippen molar-refractivity contribution in [3.05, 3.63) is 44.7 Å². The lowest BCUT2D eigenvalue weighted by molar-refractivity contribution is 0.774. The van der Waals surface area contributed by atoms with E-state index in [1.165, 1.54) is 12.5 Å². The highest BCUT2D eigenvalue weighted by atomic mass is 35.5. The van der Waals surface area contributed by atoms with Crippen LogP contribution in [0, 0.1) is 6.92 Å². The van der Waals surface area contributed by atoms with Crippen molar-refractivity contribution in [3.63, 3.8) is 0 Å². The van der Waals surface area contributed by atoms with Crippen molar-refractivity contribution in [2.24, 2.45) is 0 Å². The Balaban J connectivity index is 2.66. The Kier molecular flexibility index (Phi) is 2.89. The number of halogens is 2. The molecule has 0 fully saturated rings. The Labute approximate surface area is 101 Å². The fourth-order valence-corrected chi connectivity index (χ4v) is 1.39. The summed E-state index contributed by atoms with van der Waals surface area (Å²) in [5, 5.41) is 3.89. The summed E-state index contributed by atoms with van der Waals surface area (Å²) in [6, 6.07) is 1.62. The second-order valence-electron chi connectivity index (χ2n) is 3.04. The molecule has 2 rings (SSSR count). The van der Waals surface area contributed by atoms with Crippen molar-refractivity contribution >= 4 is 23.2 Å². The smallest absolute Gasteiger partial charge is 0.266 e. The Morgan fingerprint density at radius 1 is 1.31 bits per heavy atom. The highest BCUT2D eigenvalue weighted by Gasteiger charge is 2.09. The van der Waals surface area contributed by atoms with Gasteiger partial charge < -0.3 is 0 Å². The van der Waals surface area contributed by atoms with Gasteiger partial charge >= 0.3 is 0 Å². The molecule has 0 spiro atoms. The van der Waals surface area contributed by atoms with Crippen LogP contribution in [0.3, 0.4) is 0 Å². The van der Waals surface area contributed by atoms with Crippen LogP contribution in [0.4, 0.5) is 0 Å². The van der Waals surface area contributed by atoms with Gasteiger partial charge in [0.25, 0.3) is 5.56 Å². The lowest BCUT2D eigenvalue weighted by Crippen LogP contribution is -2.22. The van der Waals surface area contributed by atoms with Crippen LogP contribution in [0.2, 0.25) is 10.0 Å². The summed E-state index contributed by atoms with van der Waals surface area (Å²) in [6.07, 6.45) is 2.64. The zero-order valence-electron chi connectivity index (χ0n) is 8.19. The van der Waals surface area contributed by atoms with Gasteiger partial charge in [-0.15, -0.1) is 0 Å². The molecule has 2 heterocycles. The summed E-state index contributed by atoms with van der Waals surface area (Å²) in [4.78, 5) is 19.6. The van der Waals surface area contributed by atoms with E-state index in [9.17, 15) is 4.79 Å². The minimum Gasteiger partial charge on any atom is -0.266 e. The normalized spacial score (nSPS) is 10.4. The molecule has 0 radical (unpaired) electrons. The van der Waals surface area contributed by atoms with Crippen LogP contribution < -0.4 is 5.56 Å². The molecule has 0 saturated heterocycles. The number of rotatable bonds is 1. The quantitative estimate of drug-likeness (QED) is 0.779. The maximum Gasteiger partial charge on any atom is 0.293 e. The van der Waals surface area contributed by atoms with Crippen molar-refractivity contribution in [2.75, 3.05) is 0 Å². The zero-order chi connectivity index (χ0) is 11.7. The van der Waals surface area contributed by atoms with Crippen LogP contribution in [0.15, 0.2) is 23.4 Å². The first-order chi connectivity index (χ1) is 7.59. The summed E-state index contributed by atoms with van der Waals surface area (Å²) in [6.45, 7) is 1.79. The number of aryl methyl sites for hydroxylation is 1. The molecule has 82 valence electrons. The van der Waals surface area contributed by atoms with E-state index >= 15 is 0 Å². The maximum atomic E-state index is 11.7. The van der Waals surface area contributed by atoms with Crippen LogP contribution in [0.5, 0.6) is 0 Å². The van der Waals surface area contributed by atoms with Gasteiger partial charge in [0.2, 0.25) is 0 Å². The average Bonchev–Trinajstić information content (AvgIpc) is 2.26. The van der Waals surface area contributed by atoms with Crippen molar-refractivity contribution in [3.8, 4) is 5.82 Å². The lowest BCUT2D eigenvalue weighted by Gasteiger charge is -2.04. The first kappa shape index (κ1) is 11.0. The van der Waals surface area contributed by atoms with Crippen LogP contribution in [-0.4, -0.2) is 19.7 Å². The Hall–Kier alpha value is -1.46. The first-order valence-corrected chi connectivity index (χ1v) is 5.07. The van der Waals surface area contributed by atoms with Crippen molar-refractivity contribution in [1.29, 1.82) is 0 Å². The fourth-order valence-electron chi connectivity index (χ4n) is 1.13. The van der Waals surface area contributed by atoms with Crippen molar-refractivity contribution < 1.29 is 0 Å². The standard InChI is InChI=1S/C9H6Cl2N4O/c1-5-2-7(13-4-12-5)15-9(16)8(11)6(10)3-14-15/h2-4H,1H3. The third-order valence-electron chi connectivity index (χ3n) is 1.88. The molecule has 0 unspecified atom stereocenters. The molecule has 0 saturated carbocycles. The van der Waals surface area contributed by atoms with Gasteiger partial charge in [0, 0.05) is 11.8 Å². The van der Waals surface area contributed by atoms with Crippen LogP contribution >= 0.6 is 23.2 Å². The predicted molar refractivity (Wildman–Crippen MR) is 60.2 cm³/mol. The van der Waals surface area contributed by atoms with Crippen LogP contribution in [0.25, 0.3) is 5.82 Å². The van der Waals surface area contributed by atoms with E-state index in [2.05, 4.69) is 15.1 Å². The molecule has 0 N–H and O–H groups in total. The molecular formula is C9H6Cl2N4O. The van der Waals surface area contributed by atoms with Crippen molar-refractivity contribution in [1.82, 2.24) is 19.7 Å². The van der Waals surface area contributed by atoms with E-state index in [0.717, 1.165) is 10.4 Å². The third-order valence-corrected chi connectivity index (χ3v) is 2.63. The molecule has 0 bridgehead atoms. The summed E-state index contributed by atoms with van der Waals surface area (Å²) in [5.41, 5.74) is 0.219. The topological polar surface area (TPSA) is 60.7 Å². The largest absolute Gasteiger partial charge is 0.293 e. The highest BCUT2D eigenvalue weighted by Crippen LogP contribution is 2.15. The van der Waals surface area contributed by atoms with Gasteiger partial charge in [-0.1, -0.05) is 23.2 Å². The monoisotopic (exact) mass is 256 g/mol. The van der Waals surface area contributed by atoms with Gasteiger partial charge in [-0.3, -0.25) is 4.79 Å². The van der Waals surface area contributed by atoms with Crippen LogP contribution in [-0.2, 0) is 0 Å². The van der Waals surface area contributed by atoms with Crippen LogP contribution in [0.1, 0.15) is 5.69 Å². The summed E-state index contributed by atoms with van der Waals surface area (Å²) in [7, 11) is 0. The van der Waals surface area contributed by atoms with E-state index < -0.39 is 5.56 Å². The first-order valence-electron chi connectivity index (χ1n) is 4.32. The van der Waals surface area contributed by atoms with Gasteiger partial charge in [-0.25, -0.2) is 9.97 Å². The fraction of sp³-hybridized carbons (Fsp3) is 0.111. The Morgan fingerprint density at radius 3 is 2.75 bits per heavy atom. The molecular weight excluding hydrogens is 251 g/mol. The SMILES string of the molecule is Cc1cc(-n2ncc(Cl)c(Cl)c2=O)ncn1. The summed E-state index contributed by atoms with van der Waals surface area (Å²) >= 11 is 11.4. The lowest BCUT2D eigenvalue weighted by atomic mass is 10.4. The molecule has 0 aliphatic carbocycles. The Bertz CT molecular complexity index is 596. The van der Waals surface area contributed by atoms with E-state index in [4.69, 9.17) is 23.2 Å². The van der Waals surface area contributed by atoms with Gasteiger partial charge in [-0.05, 0) is 6.92 Å². The minimum absolute atomic E-state index is 0.0760. The number of hydrogen-bond donors (Lipinski definition) is 0. The van der Waals surface area contributed by atoms with E-state index in [-0.39, 0.29) is 10.0 Å². The second-order valence-corrected chi connectivity index (χ2v) is 3.83. The minimum atomic E-state index is -0.507. The average molecular weight is 257 g/mol. The van der Waals surface area contributed by atoms with Gasteiger partial charge in [-0.2, -0.15) is 9.78 Å². The molecule has 5 nitrogen and oxygen atoms in total. The summed E-state index contributed by atoms with van der Waals surface area (Å²) in [5.74, 6) is 0.357. The molecule has 0 aromatic carbocycles. The zero-order valence-corrected chi connectivity index (χ0v) is 9.70. The molecule has 2 aromatic rings. The van der Waals surface area contributed by atoms with E-state index in [1.807, 2.05) is 0 Å². The molecule has 2 aromatic heterocycles. The van der Waals surface area contributed by atoms with E-state index in [1.54, 1.807) is 13.0 Å².